The van der Waals surface area contributed by atoms with E-state index in [0.29, 0.717) is 0 Å². The van der Waals surface area contributed by atoms with E-state index in [1.165, 1.54) is 43.6 Å². The van der Waals surface area contributed by atoms with Crippen molar-refractivity contribution < 1.29 is 4.42 Å². The lowest BCUT2D eigenvalue weighted by Gasteiger charge is -2.12. The van der Waals surface area contributed by atoms with Gasteiger partial charge in [-0.3, -0.25) is 0 Å². The molecule has 4 heterocycles. The summed E-state index contributed by atoms with van der Waals surface area (Å²) in [4.78, 5) is 0. The molecule has 48 heavy (non-hydrogen) atoms. The summed E-state index contributed by atoms with van der Waals surface area (Å²) in [5, 5.41) is 7.15. The normalized spacial score (nSPS) is 12.2. The third-order valence-electron chi connectivity index (χ3n) is 10.0. The summed E-state index contributed by atoms with van der Waals surface area (Å²) in [7, 11) is 0. The van der Waals surface area contributed by atoms with Crippen LogP contribution < -0.4 is 0 Å². The Balaban J connectivity index is 1.25. The van der Waals surface area contributed by atoms with Gasteiger partial charge in [0.25, 0.3) is 0 Å². The van der Waals surface area contributed by atoms with Gasteiger partial charge in [-0.2, -0.15) is 0 Å². The number of fused-ring (bicyclic) bond motifs is 11. The van der Waals surface area contributed by atoms with Crippen LogP contribution in [-0.2, 0) is 0 Å². The lowest BCUT2D eigenvalue weighted by Crippen LogP contribution is -1.97. The van der Waals surface area contributed by atoms with Crippen LogP contribution in [0.3, 0.4) is 0 Å². The van der Waals surface area contributed by atoms with Gasteiger partial charge in [0.1, 0.15) is 11.1 Å². The fourth-order valence-corrected chi connectivity index (χ4v) is 8.02. The number of benzene rings is 7. The SMILES string of the molecule is c1ccc(-n2c3ccccc3c3cc(-n4c5cc(-n6c7ccccc7c7ccccc76)ccc5c5oc6ccccc6c54)ccc32)cc1. The summed E-state index contributed by atoms with van der Waals surface area (Å²) in [6, 6.07) is 58.7. The molecule has 4 nitrogen and oxygen atoms in total. The maximum absolute atomic E-state index is 6.63. The molecule has 11 aromatic rings. The van der Waals surface area contributed by atoms with E-state index >= 15 is 0 Å². The fourth-order valence-electron chi connectivity index (χ4n) is 8.02. The van der Waals surface area contributed by atoms with Gasteiger partial charge in [0.15, 0.2) is 5.58 Å². The summed E-state index contributed by atoms with van der Waals surface area (Å²) in [5.41, 5.74) is 12.1. The Bertz CT molecular complexity index is 3010. The Kier molecular flexibility index (Phi) is 5.08. The van der Waals surface area contributed by atoms with E-state index in [4.69, 9.17) is 4.42 Å². The molecule has 4 heteroatoms. The van der Waals surface area contributed by atoms with E-state index in [2.05, 4.69) is 171 Å². The first-order chi connectivity index (χ1) is 23.8. The summed E-state index contributed by atoms with van der Waals surface area (Å²) < 4.78 is 13.8. The predicted molar refractivity (Wildman–Crippen MR) is 199 cm³/mol. The molecule has 7 aromatic carbocycles. The van der Waals surface area contributed by atoms with Crippen molar-refractivity contribution in [2.75, 3.05) is 0 Å². The summed E-state index contributed by atoms with van der Waals surface area (Å²) in [6.07, 6.45) is 0. The lowest BCUT2D eigenvalue weighted by molar-refractivity contribution is 0.673. The average molecular weight is 614 g/mol. The van der Waals surface area contributed by atoms with Gasteiger partial charge in [0, 0.05) is 49.4 Å². The average Bonchev–Trinajstić information content (AvgIpc) is 3.87. The van der Waals surface area contributed by atoms with Crippen molar-refractivity contribution in [2.45, 2.75) is 0 Å². The van der Waals surface area contributed by atoms with Crippen LogP contribution in [0, 0.1) is 0 Å². The van der Waals surface area contributed by atoms with Crippen LogP contribution in [0.15, 0.2) is 168 Å². The van der Waals surface area contributed by atoms with Crippen molar-refractivity contribution in [2.24, 2.45) is 0 Å². The molecule has 0 aliphatic heterocycles. The summed E-state index contributed by atoms with van der Waals surface area (Å²) in [5.74, 6) is 0. The van der Waals surface area contributed by atoms with Gasteiger partial charge >= 0.3 is 0 Å². The minimum atomic E-state index is 0.895. The highest BCUT2D eigenvalue weighted by Gasteiger charge is 2.22. The Hall–Kier alpha value is -6.52. The molecule has 0 fully saturated rings. The molecule has 0 aliphatic rings. The van der Waals surface area contributed by atoms with E-state index in [1.807, 2.05) is 6.07 Å². The van der Waals surface area contributed by atoms with Crippen molar-refractivity contribution in [3.8, 4) is 17.1 Å². The van der Waals surface area contributed by atoms with Crippen LogP contribution in [0.4, 0.5) is 0 Å². The highest BCUT2D eigenvalue weighted by molar-refractivity contribution is 6.18. The van der Waals surface area contributed by atoms with Gasteiger partial charge in [0.2, 0.25) is 0 Å². The van der Waals surface area contributed by atoms with Crippen molar-refractivity contribution in [3.05, 3.63) is 164 Å². The molecule has 0 bridgehead atoms. The van der Waals surface area contributed by atoms with Gasteiger partial charge in [-0.1, -0.05) is 84.9 Å². The number of hydrogen-bond donors (Lipinski definition) is 0. The number of rotatable bonds is 3. The van der Waals surface area contributed by atoms with E-state index in [-0.39, 0.29) is 0 Å². The first-order valence-electron chi connectivity index (χ1n) is 16.4. The number of para-hydroxylation sites is 5. The molecule has 0 aliphatic carbocycles. The van der Waals surface area contributed by atoms with Crippen LogP contribution >= 0.6 is 0 Å². The molecular formula is C44H27N3O. The van der Waals surface area contributed by atoms with E-state index in [1.54, 1.807) is 0 Å². The standard InChI is InChI=1S/C44H27N3O/c1-2-12-28(13-3-1)45-39-20-10-6-16-33(39)36-26-29(23-25-40(36)45)47-41-27-30(22-24-34(41)44-43(47)35-17-7-11-21-42(35)48-44)46-37-18-8-4-14-31(37)32-15-5-9-19-38(32)46/h1-27H. The number of furan rings is 1. The second kappa shape index (κ2) is 9.50. The summed E-state index contributed by atoms with van der Waals surface area (Å²) >= 11 is 0. The molecule has 11 rings (SSSR count). The monoisotopic (exact) mass is 613 g/mol. The van der Waals surface area contributed by atoms with Crippen LogP contribution in [0.25, 0.3) is 93.6 Å². The zero-order valence-corrected chi connectivity index (χ0v) is 25.8. The van der Waals surface area contributed by atoms with Crippen molar-refractivity contribution in [1.29, 1.82) is 0 Å². The predicted octanol–water partition coefficient (Wildman–Crippen LogP) is 11.7. The van der Waals surface area contributed by atoms with Crippen molar-refractivity contribution in [3.63, 3.8) is 0 Å². The Morgan fingerprint density at radius 2 is 0.833 bits per heavy atom. The molecule has 0 N–H and O–H groups in total. The van der Waals surface area contributed by atoms with Gasteiger partial charge in [-0.05, 0) is 78.9 Å². The molecule has 0 spiro atoms. The molecule has 0 unspecified atom stereocenters. The summed E-state index contributed by atoms with van der Waals surface area (Å²) in [6.45, 7) is 0. The van der Waals surface area contributed by atoms with Crippen LogP contribution in [0.2, 0.25) is 0 Å². The van der Waals surface area contributed by atoms with E-state index < -0.39 is 0 Å². The fraction of sp³-hybridized carbons (Fsp3) is 0. The Labute approximate surface area is 274 Å². The van der Waals surface area contributed by atoms with E-state index in [9.17, 15) is 0 Å². The van der Waals surface area contributed by atoms with Crippen LogP contribution in [0.5, 0.6) is 0 Å². The van der Waals surface area contributed by atoms with Crippen LogP contribution in [0.1, 0.15) is 0 Å². The van der Waals surface area contributed by atoms with E-state index in [0.717, 1.165) is 50.0 Å². The van der Waals surface area contributed by atoms with Gasteiger partial charge < -0.3 is 18.1 Å². The second-order valence-electron chi connectivity index (χ2n) is 12.6. The number of hydrogen-bond acceptors (Lipinski definition) is 1. The Morgan fingerprint density at radius 3 is 1.54 bits per heavy atom. The quantitative estimate of drug-likeness (QED) is 0.195. The first-order valence-corrected chi connectivity index (χ1v) is 16.4. The molecule has 0 saturated heterocycles. The molecular weight excluding hydrogens is 587 g/mol. The molecule has 0 radical (unpaired) electrons. The van der Waals surface area contributed by atoms with Crippen molar-refractivity contribution in [1.82, 2.24) is 13.7 Å². The lowest BCUT2D eigenvalue weighted by atomic mass is 10.1. The zero-order valence-electron chi connectivity index (χ0n) is 25.8. The Morgan fingerprint density at radius 1 is 0.312 bits per heavy atom. The molecule has 0 saturated carbocycles. The molecule has 224 valence electrons. The minimum absolute atomic E-state index is 0.895. The van der Waals surface area contributed by atoms with Crippen molar-refractivity contribution >= 4 is 76.6 Å². The van der Waals surface area contributed by atoms with Gasteiger partial charge in [-0.25, -0.2) is 0 Å². The molecule has 0 amide bonds. The largest absolute Gasteiger partial charge is 0.454 e. The smallest absolute Gasteiger partial charge is 0.161 e. The maximum Gasteiger partial charge on any atom is 0.161 e. The highest BCUT2D eigenvalue weighted by atomic mass is 16.3. The van der Waals surface area contributed by atoms with Crippen LogP contribution in [-0.4, -0.2) is 13.7 Å². The van der Waals surface area contributed by atoms with Gasteiger partial charge in [0.05, 0.1) is 27.6 Å². The molecule has 0 atom stereocenters. The zero-order chi connectivity index (χ0) is 31.3. The number of aromatic nitrogens is 3. The second-order valence-corrected chi connectivity index (χ2v) is 12.6. The number of nitrogens with zero attached hydrogens (tertiary/aromatic N) is 3. The molecule has 4 aromatic heterocycles. The highest BCUT2D eigenvalue weighted by Crippen LogP contribution is 2.42. The third-order valence-corrected chi connectivity index (χ3v) is 10.0. The topological polar surface area (TPSA) is 27.9 Å². The first kappa shape index (κ1) is 25.6. The maximum atomic E-state index is 6.63. The van der Waals surface area contributed by atoms with Gasteiger partial charge in [-0.15, -0.1) is 0 Å². The minimum Gasteiger partial charge on any atom is -0.454 e. The third kappa shape index (κ3) is 3.38.